The summed E-state index contributed by atoms with van der Waals surface area (Å²) in [6.45, 7) is 2.35. The topological polar surface area (TPSA) is 54.3 Å². The van der Waals surface area contributed by atoms with Crippen LogP contribution in [0.15, 0.2) is 47.5 Å². The molecule has 1 aromatic carbocycles. The summed E-state index contributed by atoms with van der Waals surface area (Å²) in [6, 6.07) is 10.4. The Labute approximate surface area is 161 Å². The van der Waals surface area contributed by atoms with Gasteiger partial charge >= 0.3 is 0 Å². The normalized spacial score (nSPS) is 17.8. The summed E-state index contributed by atoms with van der Waals surface area (Å²) in [4.78, 5) is 2.65. The van der Waals surface area contributed by atoms with Gasteiger partial charge in [0.25, 0.3) is 0 Å². The first-order chi connectivity index (χ1) is 12.5. The van der Waals surface area contributed by atoms with Gasteiger partial charge in [-0.05, 0) is 62.3 Å². The highest BCUT2D eigenvalue weighted by Gasteiger charge is 2.25. The van der Waals surface area contributed by atoms with E-state index in [1.54, 1.807) is 12.1 Å². The minimum atomic E-state index is -3.57. The van der Waals surface area contributed by atoms with Gasteiger partial charge in [-0.2, -0.15) is 0 Å². The van der Waals surface area contributed by atoms with Crippen molar-refractivity contribution >= 4 is 21.6 Å². The number of benzene rings is 1. The van der Waals surface area contributed by atoms with Gasteiger partial charge in [-0.25, -0.2) is 13.1 Å². The zero-order valence-electron chi connectivity index (χ0n) is 15.1. The highest BCUT2D eigenvalue weighted by atomic mass is 35.5. The number of aryl methyl sites for hydroxylation is 1. The number of hydrogen-bond acceptors (Lipinski definition) is 3. The second-order valence-electron chi connectivity index (χ2n) is 6.82. The van der Waals surface area contributed by atoms with Crippen LogP contribution >= 0.6 is 11.6 Å². The molecule has 0 unspecified atom stereocenters. The molecule has 26 heavy (non-hydrogen) atoms. The van der Waals surface area contributed by atoms with Crippen molar-refractivity contribution in [2.45, 2.75) is 36.6 Å². The van der Waals surface area contributed by atoms with Crippen LogP contribution in [0.5, 0.6) is 0 Å². The number of nitrogens with one attached hydrogen (secondary N) is 1. The van der Waals surface area contributed by atoms with Crippen molar-refractivity contribution in [3.63, 3.8) is 0 Å². The molecular weight excluding hydrogens is 370 g/mol. The van der Waals surface area contributed by atoms with E-state index in [1.165, 1.54) is 25.0 Å². The molecule has 7 heteroatoms. The lowest BCUT2D eigenvalue weighted by Crippen LogP contribution is -2.39. The van der Waals surface area contributed by atoms with Gasteiger partial charge in [0.15, 0.2) is 0 Å². The van der Waals surface area contributed by atoms with E-state index in [0.717, 1.165) is 31.6 Å². The van der Waals surface area contributed by atoms with Crippen molar-refractivity contribution in [2.24, 2.45) is 7.05 Å². The second kappa shape index (κ2) is 8.57. The molecule has 1 aliphatic heterocycles. The van der Waals surface area contributed by atoms with Gasteiger partial charge in [-0.1, -0.05) is 24.4 Å². The number of sulfonamides is 1. The summed E-state index contributed by atoms with van der Waals surface area (Å²) in [5, 5.41) is 0.523. The summed E-state index contributed by atoms with van der Waals surface area (Å²) >= 11 is 5.87. The van der Waals surface area contributed by atoms with E-state index in [9.17, 15) is 8.42 Å². The third-order valence-electron chi connectivity index (χ3n) is 5.00. The zero-order valence-corrected chi connectivity index (χ0v) is 16.6. The van der Waals surface area contributed by atoms with Crippen LogP contribution < -0.4 is 4.72 Å². The van der Waals surface area contributed by atoms with E-state index in [2.05, 4.69) is 20.3 Å². The van der Waals surface area contributed by atoms with Crippen LogP contribution in [0.1, 0.15) is 37.4 Å². The molecule has 1 aromatic heterocycles. The molecule has 2 aromatic rings. The molecule has 1 saturated heterocycles. The number of halogens is 1. The van der Waals surface area contributed by atoms with Crippen LogP contribution in [-0.4, -0.2) is 37.5 Å². The molecule has 0 amide bonds. The average Bonchev–Trinajstić information content (AvgIpc) is 2.86. The monoisotopic (exact) mass is 395 g/mol. The fourth-order valence-electron chi connectivity index (χ4n) is 3.53. The van der Waals surface area contributed by atoms with Crippen molar-refractivity contribution in [2.75, 3.05) is 19.6 Å². The van der Waals surface area contributed by atoms with Gasteiger partial charge < -0.3 is 4.57 Å². The Morgan fingerprint density at radius 3 is 2.31 bits per heavy atom. The van der Waals surface area contributed by atoms with E-state index < -0.39 is 10.0 Å². The molecule has 5 nitrogen and oxygen atoms in total. The number of aromatic nitrogens is 1. The molecule has 1 aliphatic rings. The van der Waals surface area contributed by atoms with Gasteiger partial charge in [0.1, 0.15) is 0 Å². The Balaban J connectivity index is 1.79. The van der Waals surface area contributed by atoms with Gasteiger partial charge in [-0.3, -0.25) is 4.90 Å². The van der Waals surface area contributed by atoms with Crippen LogP contribution in [0.25, 0.3) is 0 Å². The summed E-state index contributed by atoms with van der Waals surface area (Å²) in [5.41, 5.74) is 1.13. The molecule has 0 bridgehead atoms. The summed E-state index contributed by atoms with van der Waals surface area (Å²) in [5.74, 6) is 0. The Hall–Kier alpha value is -1.34. The van der Waals surface area contributed by atoms with Crippen LogP contribution in [0, 0.1) is 0 Å². The molecule has 1 N–H and O–H groups in total. The lowest BCUT2D eigenvalue weighted by atomic mass is 10.1. The molecule has 142 valence electrons. The Morgan fingerprint density at radius 1 is 1.08 bits per heavy atom. The minimum absolute atomic E-state index is 0.0233. The number of nitrogens with zero attached hydrogens (tertiary/aromatic N) is 2. The summed E-state index contributed by atoms with van der Waals surface area (Å²) in [6.07, 6.45) is 6.81. The van der Waals surface area contributed by atoms with Crippen molar-refractivity contribution in [3.8, 4) is 0 Å². The molecular formula is C19H26ClN3O2S. The molecule has 0 radical (unpaired) electrons. The maximum absolute atomic E-state index is 12.7. The van der Waals surface area contributed by atoms with Crippen molar-refractivity contribution in [1.82, 2.24) is 14.2 Å². The predicted molar refractivity (Wildman–Crippen MR) is 105 cm³/mol. The summed E-state index contributed by atoms with van der Waals surface area (Å²) in [7, 11) is -1.56. The maximum Gasteiger partial charge on any atom is 0.240 e. The lowest BCUT2D eigenvalue weighted by Gasteiger charge is -2.31. The lowest BCUT2D eigenvalue weighted by molar-refractivity contribution is 0.199. The van der Waals surface area contributed by atoms with Crippen molar-refractivity contribution in [1.29, 1.82) is 0 Å². The molecule has 1 fully saturated rings. The first kappa shape index (κ1) is 19.4. The van der Waals surface area contributed by atoms with E-state index in [1.807, 2.05) is 19.3 Å². The van der Waals surface area contributed by atoms with Gasteiger partial charge in [0.2, 0.25) is 10.0 Å². The first-order valence-corrected chi connectivity index (χ1v) is 10.9. The fraction of sp³-hybridized carbons (Fsp3) is 0.474. The number of hydrogen-bond donors (Lipinski definition) is 1. The SMILES string of the molecule is Cn1cccc1[C@@H](CNS(=O)(=O)c1ccc(Cl)cc1)N1CCCCCC1. The van der Waals surface area contributed by atoms with E-state index >= 15 is 0 Å². The largest absolute Gasteiger partial charge is 0.353 e. The van der Waals surface area contributed by atoms with E-state index in [4.69, 9.17) is 11.6 Å². The first-order valence-electron chi connectivity index (χ1n) is 9.08. The highest BCUT2D eigenvalue weighted by molar-refractivity contribution is 7.89. The number of likely N-dealkylation sites (tertiary alicyclic amines) is 1. The zero-order chi connectivity index (χ0) is 18.6. The van der Waals surface area contributed by atoms with Crippen LogP contribution in [0.2, 0.25) is 5.02 Å². The van der Waals surface area contributed by atoms with E-state index in [0.29, 0.717) is 11.6 Å². The smallest absolute Gasteiger partial charge is 0.240 e. The predicted octanol–water partition coefficient (Wildman–Crippen LogP) is 3.57. The fourth-order valence-corrected chi connectivity index (χ4v) is 4.70. The quantitative estimate of drug-likeness (QED) is 0.813. The van der Waals surface area contributed by atoms with Crippen molar-refractivity contribution in [3.05, 3.63) is 53.3 Å². The van der Waals surface area contributed by atoms with Gasteiger partial charge in [0.05, 0.1) is 10.9 Å². The van der Waals surface area contributed by atoms with Crippen LogP contribution in [-0.2, 0) is 17.1 Å². The van der Waals surface area contributed by atoms with Crippen LogP contribution in [0.4, 0.5) is 0 Å². The molecule has 2 heterocycles. The Morgan fingerprint density at radius 2 is 1.73 bits per heavy atom. The van der Waals surface area contributed by atoms with Gasteiger partial charge in [0, 0.05) is 30.5 Å². The Bertz CT molecular complexity index is 810. The summed E-state index contributed by atoms with van der Waals surface area (Å²) < 4.78 is 30.2. The minimum Gasteiger partial charge on any atom is -0.353 e. The highest BCUT2D eigenvalue weighted by Crippen LogP contribution is 2.25. The van der Waals surface area contributed by atoms with Crippen molar-refractivity contribution < 1.29 is 8.42 Å². The van der Waals surface area contributed by atoms with Gasteiger partial charge in [-0.15, -0.1) is 0 Å². The molecule has 1 atom stereocenters. The molecule has 0 saturated carbocycles. The molecule has 3 rings (SSSR count). The Kier molecular flexibility index (Phi) is 6.40. The number of rotatable bonds is 6. The van der Waals surface area contributed by atoms with Crippen LogP contribution in [0.3, 0.4) is 0 Å². The molecule has 0 spiro atoms. The maximum atomic E-state index is 12.7. The average molecular weight is 396 g/mol. The third-order valence-corrected chi connectivity index (χ3v) is 6.69. The van der Waals surface area contributed by atoms with E-state index in [-0.39, 0.29) is 10.9 Å². The third kappa shape index (κ3) is 4.68. The molecule has 0 aliphatic carbocycles. The second-order valence-corrected chi connectivity index (χ2v) is 9.02. The standard InChI is InChI=1S/C19H26ClN3O2S/c1-22-12-6-7-18(22)19(23-13-4-2-3-5-14-23)15-21-26(24,25)17-10-8-16(20)9-11-17/h6-12,19,21H,2-5,13-15H2,1H3/t19-/m1/s1.